The second-order valence-corrected chi connectivity index (χ2v) is 6.51. The zero-order chi connectivity index (χ0) is 14.8. The Morgan fingerprint density at radius 3 is 2.47 bits per heavy atom. The topological polar surface area (TPSA) is 89.3 Å². The summed E-state index contributed by atoms with van der Waals surface area (Å²) in [4.78, 5) is 11.7. The number of halogens is 2. The molecule has 0 heterocycles. The molecule has 3 N–H and O–H groups in total. The van der Waals surface area contributed by atoms with Crippen molar-refractivity contribution in [1.82, 2.24) is 5.32 Å². The van der Waals surface area contributed by atoms with Gasteiger partial charge in [-0.3, -0.25) is 4.79 Å². The van der Waals surface area contributed by atoms with Crippen molar-refractivity contribution in [3.8, 4) is 0 Å². The number of anilines is 1. The summed E-state index contributed by atoms with van der Waals surface area (Å²) in [6, 6.07) is 0.673. The molecule has 1 unspecified atom stereocenters. The summed E-state index contributed by atoms with van der Waals surface area (Å²) in [6.07, 6.45) is 1.02. The molecule has 1 atom stereocenters. The third kappa shape index (κ3) is 4.47. The quantitative estimate of drug-likeness (QED) is 0.800. The van der Waals surface area contributed by atoms with Crippen molar-refractivity contribution in [2.75, 3.05) is 17.7 Å². The summed E-state index contributed by atoms with van der Waals surface area (Å²) < 4.78 is 48.4. The normalized spacial score (nSPS) is 13.1. The molecule has 1 amide bonds. The first-order valence-corrected chi connectivity index (χ1v) is 7.39. The molecule has 0 radical (unpaired) electrons. The zero-order valence-corrected chi connectivity index (χ0v) is 11.2. The summed E-state index contributed by atoms with van der Waals surface area (Å²) in [5.74, 6) is -3.15. The lowest BCUT2D eigenvalue weighted by Crippen LogP contribution is -2.37. The van der Waals surface area contributed by atoms with Crippen LogP contribution in [-0.2, 0) is 9.84 Å². The van der Waals surface area contributed by atoms with E-state index < -0.39 is 39.0 Å². The van der Waals surface area contributed by atoms with Crippen molar-refractivity contribution in [3.05, 3.63) is 29.3 Å². The summed E-state index contributed by atoms with van der Waals surface area (Å²) >= 11 is 0. The van der Waals surface area contributed by atoms with Gasteiger partial charge in [0.05, 0.1) is 17.0 Å². The van der Waals surface area contributed by atoms with E-state index in [9.17, 15) is 22.0 Å². The second-order valence-electron chi connectivity index (χ2n) is 4.32. The molecule has 1 rings (SSSR count). The second kappa shape index (κ2) is 5.52. The molecule has 0 fully saturated rings. The molecule has 0 spiro atoms. The summed E-state index contributed by atoms with van der Waals surface area (Å²) in [5, 5.41) is 2.30. The maximum atomic E-state index is 13.4. The van der Waals surface area contributed by atoms with Crippen LogP contribution in [0.4, 0.5) is 14.5 Å². The molecule has 0 aliphatic carbocycles. The molecule has 0 saturated heterocycles. The van der Waals surface area contributed by atoms with E-state index in [1.165, 1.54) is 6.92 Å². The monoisotopic (exact) mass is 292 g/mol. The lowest BCUT2D eigenvalue weighted by molar-refractivity contribution is 0.0939. The maximum absolute atomic E-state index is 13.4. The molecule has 0 aliphatic rings. The molecule has 5 nitrogen and oxygen atoms in total. The van der Waals surface area contributed by atoms with Crippen LogP contribution in [0.2, 0.25) is 0 Å². The van der Waals surface area contributed by atoms with Crippen LogP contribution in [0.25, 0.3) is 0 Å². The molecular weight excluding hydrogens is 278 g/mol. The fourth-order valence-corrected chi connectivity index (χ4v) is 2.53. The lowest BCUT2D eigenvalue weighted by atomic mass is 10.1. The van der Waals surface area contributed by atoms with Crippen LogP contribution in [0, 0.1) is 11.6 Å². The molecule has 106 valence electrons. The molecule has 1 aromatic carbocycles. The van der Waals surface area contributed by atoms with Gasteiger partial charge in [0, 0.05) is 18.4 Å². The van der Waals surface area contributed by atoms with Crippen molar-refractivity contribution < 1.29 is 22.0 Å². The Hall–Kier alpha value is -1.70. The van der Waals surface area contributed by atoms with E-state index in [-0.39, 0.29) is 11.4 Å². The Labute approximate surface area is 109 Å². The summed E-state index contributed by atoms with van der Waals surface area (Å²) in [5.41, 5.74) is 4.45. The van der Waals surface area contributed by atoms with E-state index in [1.807, 2.05) is 0 Å². The maximum Gasteiger partial charge on any atom is 0.254 e. The molecular formula is C11H14F2N2O3S. The summed E-state index contributed by atoms with van der Waals surface area (Å²) in [7, 11) is -3.27. The highest BCUT2D eigenvalue weighted by atomic mass is 32.2. The molecule has 8 heteroatoms. The van der Waals surface area contributed by atoms with Gasteiger partial charge in [-0.25, -0.2) is 17.2 Å². The Morgan fingerprint density at radius 1 is 1.37 bits per heavy atom. The minimum atomic E-state index is -3.27. The molecule has 19 heavy (non-hydrogen) atoms. The number of sulfone groups is 1. The van der Waals surface area contributed by atoms with E-state index >= 15 is 0 Å². The number of nitrogens with two attached hydrogens (primary N) is 1. The number of carbonyl (C=O) groups is 1. The highest BCUT2D eigenvalue weighted by Gasteiger charge is 2.18. The van der Waals surface area contributed by atoms with Gasteiger partial charge < -0.3 is 11.1 Å². The van der Waals surface area contributed by atoms with E-state index in [4.69, 9.17) is 5.73 Å². The van der Waals surface area contributed by atoms with Crippen LogP contribution in [-0.4, -0.2) is 32.4 Å². The number of carbonyl (C=O) groups excluding carboxylic acids is 1. The van der Waals surface area contributed by atoms with Crippen molar-refractivity contribution in [2.24, 2.45) is 0 Å². The van der Waals surface area contributed by atoms with Crippen molar-refractivity contribution >= 4 is 21.4 Å². The van der Waals surface area contributed by atoms with Gasteiger partial charge in [-0.05, 0) is 13.0 Å². The van der Waals surface area contributed by atoms with Gasteiger partial charge in [-0.2, -0.15) is 0 Å². The van der Waals surface area contributed by atoms with Crippen molar-refractivity contribution in [1.29, 1.82) is 0 Å². The van der Waals surface area contributed by atoms with Crippen LogP contribution in [0.5, 0.6) is 0 Å². The van der Waals surface area contributed by atoms with Crippen LogP contribution in [0.1, 0.15) is 17.3 Å². The Bertz CT molecular complexity index is 602. The van der Waals surface area contributed by atoms with Gasteiger partial charge >= 0.3 is 0 Å². The minimum Gasteiger partial charge on any atom is -0.396 e. The third-order valence-electron chi connectivity index (χ3n) is 2.26. The van der Waals surface area contributed by atoms with Crippen LogP contribution in [0.15, 0.2) is 12.1 Å². The molecule has 0 aliphatic heterocycles. The van der Waals surface area contributed by atoms with Gasteiger partial charge in [-0.1, -0.05) is 0 Å². The zero-order valence-electron chi connectivity index (χ0n) is 10.4. The predicted molar refractivity (Wildman–Crippen MR) is 67.4 cm³/mol. The van der Waals surface area contributed by atoms with Crippen LogP contribution in [0.3, 0.4) is 0 Å². The highest BCUT2D eigenvalue weighted by Crippen LogP contribution is 2.16. The smallest absolute Gasteiger partial charge is 0.254 e. The van der Waals surface area contributed by atoms with E-state index in [0.29, 0.717) is 6.07 Å². The predicted octanol–water partition coefficient (Wildman–Crippen LogP) is 0.710. The van der Waals surface area contributed by atoms with E-state index in [2.05, 4.69) is 5.32 Å². The average molecular weight is 292 g/mol. The average Bonchev–Trinajstić information content (AvgIpc) is 2.20. The third-order valence-corrected chi connectivity index (χ3v) is 3.37. The minimum absolute atomic E-state index is 0.281. The Kier molecular flexibility index (Phi) is 4.46. The van der Waals surface area contributed by atoms with Gasteiger partial charge in [0.15, 0.2) is 0 Å². The number of benzene rings is 1. The van der Waals surface area contributed by atoms with E-state index in [0.717, 1.165) is 12.3 Å². The first-order valence-electron chi connectivity index (χ1n) is 5.33. The van der Waals surface area contributed by atoms with Gasteiger partial charge in [0.25, 0.3) is 5.91 Å². The number of hydrogen-bond acceptors (Lipinski definition) is 4. The number of amides is 1. The highest BCUT2D eigenvalue weighted by molar-refractivity contribution is 7.90. The summed E-state index contributed by atoms with van der Waals surface area (Å²) in [6.45, 7) is 1.46. The Balaban J connectivity index is 2.87. The van der Waals surface area contributed by atoms with Crippen molar-refractivity contribution in [3.63, 3.8) is 0 Å². The number of nitrogen functional groups attached to an aromatic ring is 1. The number of rotatable bonds is 4. The van der Waals surface area contributed by atoms with Gasteiger partial charge in [0.1, 0.15) is 21.5 Å². The van der Waals surface area contributed by atoms with E-state index in [1.54, 1.807) is 0 Å². The lowest BCUT2D eigenvalue weighted by Gasteiger charge is -2.13. The van der Waals surface area contributed by atoms with Gasteiger partial charge in [-0.15, -0.1) is 0 Å². The SMILES string of the molecule is CC(CS(C)(=O)=O)NC(=O)c1cc(N)c(F)cc1F. The fraction of sp³-hybridized carbons (Fsp3) is 0.364. The van der Waals surface area contributed by atoms with Crippen LogP contribution < -0.4 is 11.1 Å². The standard InChI is InChI=1S/C11H14F2N2O3S/c1-6(5-19(2,17)18)15-11(16)7-3-10(14)9(13)4-8(7)12/h3-4,6H,5,14H2,1-2H3,(H,15,16). The Morgan fingerprint density at radius 2 is 1.95 bits per heavy atom. The first kappa shape index (κ1) is 15.4. The van der Waals surface area contributed by atoms with Crippen molar-refractivity contribution in [2.45, 2.75) is 13.0 Å². The first-order chi connectivity index (χ1) is 8.60. The molecule has 1 aromatic rings. The molecule has 0 bridgehead atoms. The largest absolute Gasteiger partial charge is 0.396 e. The van der Waals surface area contributed by atoms with Crippen LogP contribution >= 0.6 is 0 Å². The molecule has 0 aromatic heterocycles. The van der Waals surface area contributed by atoms with Gasteiger partial charge in [0.2, 0.25) is 0 Å². The number of hydrogen-bond donors (Lipinski definition) is 2. The molecule has 0 saturated carbocycles. The number of nitrogens with one attached hydrogen (secondary N) is 1. The fourth-order valence-electron chi connectivity index (χ4n) is 1.54.